The molecule has 0 fully saturated rings. The summed E-state index contributed by atoms with van der Waals surface area (Å²) in [5.41, 5.74) is 0. The van der Waals surface area contributed by atoms with Gasteiger partial charge in [0.1, 0.15) is 6.61 Å². The molecule has 314 valence electrons. The maximum absolute atomic E-state index is 12.7. The fourth-order valence-electron chi connectivity index (χ4n) is 6.29. The van der Waals surface area contributed by atoms with Gasteiger partial charge in [-0.2, -0.15) is 0 Å². The fraction of sp³-hybridized carbons (Fsp3) is 0.796. The predicted octanol–water partition coefficient (Wildman–Crippen LogP) is 15.2. The largest absolute Gasteiger partial charge is 0.462 e. The van der Waals surface area contributed by atoms with Crippen LogP contribution in [0.4, 0.5) is 0 Å². The van der Waals surface area contributed by atoms with Crippen molar-refractivity contribution in [1.82, 2.24) is 0 Å². The van der Waals surface area contributed by atoms with Crippen molar-refractivity contribution in [2.75, 3.05) is 19.8 Å². The van der Waals surface area contributed by atoms with E-state index in [9.17, 15) is 9.59 Å². The first kappa shape index (κ1) is 51.9. The molecule has 5 heteroatoms. The fourth-order valence-corrected chi connectivity index (χ4v) is 6.29. The molecule has 0 aromatic heterocycles. The SMILES string of the molecule is CCC/C=C\C/C=C\CCCCCCCC(=O)OCC(COCCCCCCCC/C=C\CCCCCC)OC(=O)CCCCCCC/C=C\CCCC. The number of rotatable bonds is 42. The van der Waals surface area contributed by atoms with Crippen molar-refractivity contribution < 1.29 is 23.8 Å². The van der Waals surface area contributed by atoms with Crippen LogP contribution in [0.2, 0.25) is 0 Å². The van der Waals surface area contributed by atoms with E-state index < -0.39 is 6.10 Å². The first-order valence-electron chi connectivity index (χ1n) is 23.2. The van der Waals surface area contributed by atoms with Crippen molar-refractivity contribution in [2.45, 2.75) is 232 Å². The number of allylic oxidation sites excluding steroid dienone is 8. The van der Waals surface area contributed by atoms with Crippen LogP contribution in [0.1, 0.15) is 226 Å². The minimum Gasteiger partial charge on any atom is -0.462 e. The second-order valence-electron chi connectivity index (χ2n) is 15.3. The van der Waals surface area contributed by atoms with E-state index in [0.717, 1.165) is 70.6 Å². The van der Waals surface area contributed by atoms with Crippen molar-refractivity contribution in [2.24, 2.45) is 0 Å². The quantitative estimate of drug-likeness (QED) is 0.0353. The molecule has 0 aliphatic rings. The summed E-state index contributed by atoms with van der Waals surface area (Å²) >= 11 is 0. The number of ether oxygens (including phenoxy) is 3. The molecule has 5 nitrogen and oxygen atoms in total. The third kappa shape index (κ3) is 42.6. The van der Waals surface area contributed by atoms with Crippen LogP contribution < -0.4 is 0 Å². The van der Waals surface area contributed by atoms with Crippen molar-refractivity contribution in [1.29, 1.82) is 0 Å². The minimum absolute atomic E-state index is 0.0729. The van der Waals surface area contributed by atoms with Crippen molar-refractivity contribution >= 4 is 11.9 Å². The lowest BCUT2D eigenvalue weighted by Crippen LogP contribution is -2.30. The van der Waals surface area contributed by atoms with Gasteiger partial charge in [0.15, 0.2) is 6.10 Å². The lowest BCUT2D eigenvalue weighted by molar-refractivity contribution is -0.163. The van der Waals surface area contributed by atoms with Gasteiger partial charge in [0, 0.05) is 19.4 Å². The Morgan fingerprint density at radius 1 is 0.407 bits per heavy atom. The molecule has 0 radical (unpaired) electrons. The van der Waals surface area contributed by atoms with Crippen LogP contribution in [0.5, 0.6) is 0 Å². The molecule has 0 N–H and O–H groups in total. The molecule has 0 bridgehead atoms. The van der Waals surface area contributed by atoms with E-state index >= 15 is 0 Å². The molecule has 1 unspecified atom stereocenters. The average Bonchev–Trinajstić information content (AvgIpc) is 3.17. The van der Waals surface area contributed by atoms with Crippen LogP contribution >= 0.6 is 0 Å². The zero-order valence-corrected chi connectivity index (χ0v) is 36.0. The number of carbonyl (C=O) groups excluding carboxylic acids is 2. The van der Waals surface area contributed by atoms with Crippen LogP contribution in [-0.4, -0.2) is 37.9 Å². The van der Waals surface area contributed by atoms with E-state index in [2.05, 4.69) is 69.4 Å². The minimum atomic E-state index is -0.546. The van der Waals surface area contributed by atoms with Gasteiger partial charge in [-0.25, -0.2) is 0 Å². The van der Waals surface area contributed by atoms with E-state index in [-0.39, 0.29) is 25.2 Å². The molecule has 0 heterocycles. The van der Waals surface area contributed by atoms with Crippen molar-refractivity contribution in [3.05, 3.63) is 48.6 Å². The molecule has 0 aromatic carbocycles. The van der Waals surface area contributed by atoms with Gasteiger partial charge >= 0.3 is 11.9 Å². The third-order valence-corrected chi connectivity index (χ3v) is 9.79. The van der Waals surface area contributed by atoms with E-state index in [1.807, 2.05) is 0 Å². The van der Waals surface area contributed by atoms with E-state index in [1.54, 1.807) is 0 Å². The monoisotopic (exact) mass is 757 g/mol. The molecule has 0 amide bonds. The lowest BCUT2D eigenvalue weighted by atomic mass is 10.1. The number of hydrogen-bond donors (Lipinski definition) is 0. The van der Waals surface area contributed by atoms with Crippen molar-refractivity contribution in [3.63, 3.8) is 0 Å². The van der Waals surface area contributed by atoms with Crippen LogP contribution in [0.3, 0.4) is 0 Å². The third-order valence-electron chi connectivity index (χ3n) is 9.79. The smallest absolute Gasteiger partial charge is 0.306 e. The molecule has 0 aromatic rings. The summed E-state index contributed by atoms with van der Waals surface area (Å²) in [5.74, 6) is -0.426. The Morgan fingerprint density at radius 3 is 1.37 bits per heavy atom. The summed E-state index contributed by atoms with van der Waals surface area (Å²) in [6.45, 7) is 7.68. The molecule has 0 saturated carbocycles. The van der Waals surface area contributed by atoms with Crippen LogP contribution in [0.25, 0.3) is 0 Å². The maximum Gasteiger partial charge on any atom is 0.306 e. The van der Waals surface area contributed by atoms with Gasteiger partial charge in [0.05, 0.1) is 6.61 Å². The second-order valence-corrected chi connectivity index (χ2v) is 15.3. The van der Waals surface area contributed by atoms with Gasteiger partial charge in [-0.3, -0.25) is 9.59 Å². The Bertz CT molecular complexity index is 904. The molecule has 0 aliphatic carbocycles. The lowest BCUT2D eigenvalue weighted by Gasteiger charge is -2.18. The number of carbonyl (C=O) groups is 2. The summed E-state index contributed by atoms with van der Waals surface area (Å²) in [5, 5.41) is 0. The summed E-state index contributed by atoms with van der Waals surface area (Å²) in [6, 6.07) is 0. The number of esters is 2. The summed E-state index contributed by atoms with van der Waals surface area (Å²) in [4.78, 5) is 25.2. The Balaban J connectivity index is 4.28. The maximum atomic E-state index is 12.7. The van der Waals surface area contributed by atoms with Gasteiger partial charge in [0.25, 0.3) is 0 Å². The van der Waals surface area contributed by atoms with Gasteiger partial charge in [-0.05, 0) is 89.9 Å². The van der Waals surface area contributed by atoms with Crippen LogP contribution in [0.15, 0.2) is 48.6 Å². The first-order chi connectivity index (χ1) is 26.6. The second kappa shape index (κ2) is 45.3. The highest BCUT2D eigenvalue weighted by Gasteiger charge is 2.17. The first-order valence-corrected chi connectivity index (χ1v) is 23.2. The van der Waals surface area contributed by atoms with Crippen molar-refractivity contribution in [3.8, 4) is 0 Å². The van der Waals surface area contributed by atoms with E-state index in [1.165, 1.54) is 122 Å². The molecule has 0 rings (SSSR count). The predicted molar refractivity (Wildman–Crippen MR) is 233 cm³/mol. The summed E-state index contributed by atoms with van der Waals surface area (Å²) in [6.07, 6.45) is 53.9. The number of hydrogen-bond acceptors (Lipinski definition) is 5. The van der Waals surface area contributed by atoms with Crippen LogP contribution in [-0.2, 0) is 23.8 Å². The molecule has 0 saturated heterocycles. The van der Waals surface area contributed by atoms with Gasteiger partial charge < -0.3 is 14.2 Å². The Kier molecular flexibility index (Phi) is 43.5. The summed E-state index contributed by atoms with van der Waals surface area (Å²) in [7, 11) is 0. The molecular weight excluding hydrogens is 669 g/mol. The molecule has 54 heavy (non-hydrogen) atoms. The Labute approximate surface area is 335 Å². The summed E-state index contributed by atoms with van der Waals surface area (Å²) < 4.78 is 17.3. The highest BCUT2D eigenvalue weighted by Crippen LogP contribution is 2.13. The highest BCUT2D eigenvalue weighted by atomic mass is 16.6. The Hall–Kier alpha value is -2.14. The van der Waals surface area contributed by atoms with E-state index in [0.29, 0.717) is 19.4 Å². The van der Waals surface area contributed by atoms with Gasteiger partial charge in [0.2, 0.25) is 0 Å². The molecular formula is C49H88O5. The average molecular weight is 757 g/mol. The Morgan fingerprint density at radius 2 is 0.833 bits per heavy atom. The van der Waals surface area contributed by atoms with Gasteiger partial charge in [-0.1, -0.05) is 172 Å². The topological polar surface area (TPSA) is 61.8 Å². The van der Waals surface area contributed by atoms with Crippen LogP contribution in [0, 0.1) is 0 Å². The van der Waals surface area contributed by atoms with E-state index in [4.69, 9.17) is 14.2 Å². The molecule has 0 spiro atoms. The zero-order chi connectivity index (χ0) is 39.3. The normalized spacial score (nSPS) is 12.6. The zero-order valence-electron chi connectivity index (χ0n) is 36.0. The molecule has 0 aliphatic heterocycles. The number of unbranched alkanes of at least 4 members (excludes halogenated alkanes) is 23. The standard InChI is InChI=1S/C49H88O5/c1-4-7-10-13-16-19-22-24-26-29-32-35-38-41-44-52-45-47(54-49(51)43-40-37-34-31-27-21-18-15-12-9-6-3)46-53-48(50)42-39-36-33-30-28-25-23-20-17-14-11-8-5-2/h11,14-15,18-20,22-23,47H,4-10,12-13,16-17,21,24-46H2,1-3H3/b14-11-,18-15-,22-19-,23-20-. The molecule has 1 atom stereocenters. The highest BCUT2D eigenvalue weighted by molar-refractivity contribution is 5.70. The van der Waals surface area contributed by atoms with Gasteiger partial charge in [-0.15, -0.1) is 0 Å².